The quantitative estimate of drug-likeness (QED) is 0.110. The van der Waals surface area contributed by atoms with Crippen LogP contribution in [0.5, 0.6) is 0 Å². The molecule has 4 amide bonds. The molecule has 45 heavy (non-hydrogen) atoms. The van der Waals surface area contributed by atoms with Gasteiger partial charge in [-0.1, -0.05) is 27.2 Å². The Bertz CT molecular complexity index is 1030. The van der Waals surface area contributed by atoms with Crippen molar-refractivity contribution in [2.75, 3.05) is 6.54 Å². The van der Waals surface area contributed by atoms with Gasteiger partial charge in [0.05, 0.1) is 0 Å². The maximum absolute atomic E-state index is 13.2. The molecular formula is C33H56N4O8. The fourth-order valence-electron chi connectivity index (χ4n) is 4.63. The minimum absolute atomic E-state index is 0.00859. The van der Waals surface area contributed by atoms with Gasteiger partial charge in [0, 0.05) is 50.1 Å². The van der Waals surface area contributed by atoms with E-state index < -0.39 is 30.0 Å². The number of carbonyl (C=O) groups excluding carboxylic acids is 8. The van der Waals surface area contributed by atoms with Crippen LogP contribution >= 0.6 is 0 Å². The highest BCUT2D eigenvalue weighted by atomic mass is 16.2. The molecule has 0 aromatic carbocycles. The number of ketones is 4. The molecule has 0 aliphatic rings. The van der Waals surface area contributed by atoms with E-state index in [4.69, 9.17) is 0 Å². The lowest BCUT2D eigenvalue weighted by molar-refractivity contribution is -0.132. The van der Waals surface area contributed by atoms with Crippen LogP contribution < -0.4 is 21.3 Å². The molecule has 0 aromatic rings. The normalized spacial score (nSPS) is 14.2. The molecule has 0 rings (SSSR count). The van der Waals surface area contributed by atoms with E-state index in [9.17, 15) is 38.4 Å². The highest BCUT2D eigenvalue weighted by Gasteiger charge is 2.27. The molecule has 0 fully saturated rings. The van der Waals surface area contributed by atoms with E-state index in [2.05, 4.69) is 21.3 Å². The van der Waals surface area contributed by atoms with Crippen molar-refractivity contribution < 1.29 is 38.4 Å². The average Bonchev–Trinajstić information content (AvgIpc) is 2.95. The van der Waals surface area contributed by atoms with Crippen molar-refractivity contribution in [3.63, 3.8) is 0 Å². The lowest BCUT2D eigenvalue weighted by Gasteiger charge is -2.24. The van der Waals surface area contributed by atoms with E-state index in [0.29, 0.717) is 57.9 Å². The largest absolute Gasteiger partial charge is 0.354 e. The number of nitrogens with one attached hydrogen (secondary N) is 4. The smallest absolute Gasteiger partial charge is 0.242 e. The molecule has 0 heterocycles. The molecule has 256 valence electrons. The number of rotatable bonds is 25. The lowest BCUT2D eigenvalue weighted by Crippen LogP contribution is -2.51. The summed E-state index contributed by atoms with van der Waals surface area (Å²) in [5, 5.41) is 11.2. The third-order valence-electron chi connectivity index (χ3n) is 7.54. The topological polar surface area (TPSA) is 185 Å². The van der Waals surface area contributed by atoms with Crippen LogP contribution in [0.2, 0.25) is 0 Å². The number of Topliss-reactive ketones (excluding diaryl/α,β-unsaturated/α-hetero) is 4. The van der Waals surface area contributed by atoms with E-state index in [1.54, 1.807) is 13.8 Å². The Morgan fingerprint density at radius 2 is 0.978 bits per heavy atom. The summed E-state index contributed by atoms with van der Waals surface area (Å²) in [6.07, 6.45) is 4.37. The first-order valence-corrected chi connectivity index (χ1v) is 16.2. The Hall–Kier alpha value is -3.44. The third-order valence-corrected chi connectivity index (χ3v) is 7.54. The molecule has 0 aliphatic heterocycles. The summed E-state index contributed by atoms with van der Waals surface area (Å²) in [6.45, 7) is 11.4. The van der Waals surface area contributed by atoms with Crippen LogP contribution in [0.4, 0.5) is 0 Å². The van der Waals surface area contributed by atoms with Crippen LogP contribution in [-0.4, -0.2) is 71.4 Å². The van der Waals surface area contributed by atoms with Crippen molar-refractivity contribution in [2.45, 2.75) is 144 Å². The zero-order valence-corrected chi connectivity index (χ0v) is 28.3. The number of amides is 4. The van der Waals surface area contributed by atoms with Crippen LogP contribution in [0.15, 0.2) is 0 Å². The molecule has 0 bridgehead atoms. The van der Waals surface area contributed by atoms with E-state index in [0.717, 1.165) is 0 Å². The summed E-state index contributed by atoms with van der Waals surface area (Å²) in [6, 6.07) is -2.15. The van der Waals surface area contributed by atoms with Crippen molar-refractivity contribution in [3.05, 3.63) is 0 Å². The summed E-state index contributed by atoms with van der Waals surface area (Å²) in [5.74, 6) is -2.59. The minimum Gasteiger partial charge on any atom is -0.354 e. The van der Waals surface area contributed by atoms with Crippen molar-refractivity contribution in [1.29, 1.82) is 0 Å². The SMILES string of the molecule is CCCC(NC(=O)C(C)CCC(C)=O)C(=O)NCCCCC(CC(C)=O)NC(=O)C(CCC(C)=O)NC(=O)C(C)CCC(C)=O. The van der Waals surface area contributed by atoms with Crippen molar-refractivity contribution in [3.8, 4) is 0 Å². The summed E-state index contributed by atoms with van der Waals surface area (Å²) >= 11 is 0. The molecule has 0 aliphatic carbocycles. The monoisotopic (exact) mass is 636 g/mol. The van der Waals surface area contributed by atoms with E-state index >= 15 is 0 Å². The van der Waals surface area contributed by atoms with Gasteiger partial charge in [-0.25, -0.2) is 0 Å². The van der Waals surface area contributed by atoms with Gasteiger partial charge in [0.15, 0.2) is 0 Å². The second-order valence-corrected chi connectivity index (χ2v) is 12.3. The fourth-order valence-corrected chi connectivity index (χ4v) is 4.63. The zero-order chi connectivity index (χ0) is 34.5. The molecule has 0 saturated carbocycles. The van der Waals surface area contributed by atoms with E-state index in [1.807, 2.05) is 6.92 Å². The van der Waals surface area contributed by atoms with Crippen LogP contribution in [-0.2, 0) is 38.4 Å². The Kier molecular flexibility index (Phi) is 21.2. The van der Waals surface area contributed by atoms with Crippen molar-refractivity contribution >= 4 is 46.8 Å². The second kappa shape index (κ2) is 23.0. The average molecular weight is 637 g/mol. The van der Waals surface area contributed by atoms with Crippen molar-refractivity contribution in [1.82, 2.24) is 21.3 Å². The molecular weight excluding hydrogens is 580 g/mol. The van der Waals surface area contributed by atoms with E-state index in [-0.39, 0.29) is 72.5 Å². The van der Waals surface area contributed by atoms with Gasteiger partial charge >= 0.3 is 0 Å². The Labute approximate surface area is 268 Å². The lowest BCUT2D eigenvalue weighted by atomic mass is 10.0. The Balaban J connectivity index is 5.09. The van der Waals surface area contributed by atoms with Gasteiger partial charge in [-0.3, -0.25) is 24.0 Å². The molecule has 12 heteroatoms. The number of carbonyl (C=O) groups is 8. The standard InChI is InChI=1S/C33H56N4O8/c1-8-11-28(36-30(42)21(2)13-15-23(4)38)32(44)34-19-10-9-12-27(20-26(7)41)35-33(45)29(18-17-25(6)40)37-31(43)22(3)14-16-24(5)39/h21-22,27-29H,8-20H2,1-7H3,(H,34,44)(H,35,45)(H,36,42)(H,37,43). The molecule has 5 unspecified atom stereocenters. The van der Waals surface area contributed by atoms with E-state index in [1.165, 1.54) is 27.7 Å². The minimum atomic E-state index is -0.967. The summed E-state index contributed by atoms with van der Waals surface area (Å²) in [7, 11) is 0. The van der Waals surface area contributed by atoms with Crippen LogP contribution in [0.3, 0.4) is 0 Å². The summed E-state index contributed by atoms with van der Waals surface area (Å²) in [4.78, 5) is 97.3. The highest BCUT2D eigenvalue weighted by molar-refractivity contribution is 5.90. The van der Waals surface area contributed by atoms with Gasteiger partial charge in [0.2, 0.25) is 23.6 Å². The van der Waals surface area contributed by atoms with Crippen LogP contribution in [0, 0.1) is 11.8 Å². The van der Waals surface area contributed by atoms with Crippen LogP contribution in [0.25, 0.3) is 0 Å². The molecule has 0 radical (unpaired) electrons. The fraction of sp³-hybridized carbons (Fsp3) is 0.758. The highest BCUT2D eigenvalue weighted by Crippen LogP contribution is 2.11. The molecule has 12 nitrogen and oxygen atoms in total. The first-order chi connectivity index (χ1) is 21.1. The van der Waals surface area contributed by atoms with Gasteiger partial charge in [-0.15, -0.1) is 0 Å². The van der Waals surface area contributed by atoms with Gasteiger partial charge in [0.1, 0.15) is 35.2 Å². The maximum Gasteiger partial charge on any atom is 0.242 e. The first-order valence-electron chi connectivity index (χ1n) is 16.2. The second-order valence-electron chi connectivity index (χ2n) is 12.3. The number of hydrogen-bond acceptors (Lipinski definition) is 8. The Morgan fingerprint density at radius 1 is 0.511 bits per heavy atom. The van der Waals surface area contributed by atoms with Gasteiger partial charge in [-0.05, 0) is 72.6 Å². The molecule has 4 N–H and O–H groups in total. The molecule has 0 spiro atoms. The van der Waals surface area contributed by atoms with Gasteiger partial charge in [-0.2, -0.15) is 0 Å². The van der Waals surface area contributed by atoms with Crippen LogP contribution in [0.1, 0.15) is 126 Å². The number of hydrogen-bond donors (Lipinski definition) is 4. The third kappa shape index (κ3) is 20.3. The van der Waals surface area contributed by atoms with Gasteiger partial charge < -0.3 is 35.7 Å². The molecule has 0 saturated heterocycles. The predicted molar refractivity (Wildman–Crippen MR) is 171 cm³/mol. The summed E-state index contributed by atoms with van der Waals surface area (Å²) in [5.41, 5.74) is 0. The molecule has 0 aromatic heterocycles. The first kappa shape index (κ1) is 41.6. The predicted octanol–water partition coefficient (Wildman–Crippen LogP) is 2.89. The zero-order valence-electron chi connectivity index (χ0n) is 28.3. The summed E-state index contributed by atoms with van der Waals surface area (Å²) < 4.78 is 0. The Morgan fingerprint density at radius 3 is 1.42 bits per heavy atom. The van der Waals surface area contributed by atoms with Crippen molar-refractivity contribution in [2.24, 2.45) is 11.8 Å². The number of unbranched alkanes of at least 4 members (excludes halogenated alkanes) is 1. The van der Waals surface area contributed by atoms with Gasteiger partial charge in [0.25, 0.3) is 0 Å². The molecule has 5 atom stereocenters. The maximum atomic E-state index is 13.2.